The van der Waals surface area contributed by atoms with Gasteiger partial charge >= 0.3 is 0 Å². The first-order valence-electron chi connectivity index (χ1n) is 8.91. The Kier molecular flexibility index (Phi) is 4.86. The van der Waals surface area contributed by atoms with Crippen LogP contribution in [0.1, 0.15) is 45.1 Å². The van der Waals surface area contributed by atoms with Gasteiger partial charge in [0, 0.05) is 19.1 Å². The van der Waals surface area contributed by atoms with Gasteiger partial charge in [0.1, 0.15) is 5.54 Å². The van der Waals surface area contributed by atoms with Gasteiger partial charge in [0.2, 0.25) is 5.91 Å². The first kappa shape index (κ1) is 16.3. The molecule has 1 unspecified atom stereocenters. The summed E-state index contributed by atoms with van der Waals surface area (Å²) in [6, 6.07) is 10.7. The molecule has 2 saturated heterocycles. The molecule has 1 spiro atoms. The molecule has 0 bridgehead atoms. The number of carbonyl (C=O) groups excluding carboxylic acids is 1. The Morgan fingerprint density at radius 2 is 1.83 bits per heavy atom. The molecular weight excluding hydrogens is 284 g/mol. The molecule has 0 radical (unpaired) electrons. The minimum absolute atomic E-state index is 0.233. The summed E-state index contributed by atoms with van der Waals surface area (Å²) in [6.45, 7) is 7.09. The molecular formula is C20H28N2O. The minimum atomic E-state index is -0.233. The molecule has 0 N–H and O–H groups in total. The van der Waals surface area contributed by atoms with Crippen molar-refractivity contribution in [1.29, 1.82) is 0 Å². The van der Waals surface area contributed by atoms with Crippen LogP contribution in [-0.4, -0.2) is 46.9 Å². The van der Waals surface area contributed by atoms with Gasteiger partial charge in [-0.05, 0) is 51.6 Å². The van der Waals surface area contributed by atoms with Crippen LogP contribution in [0.25, 0.3) is 6.08 Å². The number of rotatable bonds is 4. The molecule has 1 aromatic carbocycles. The first-order chi connectivity index (χ1) is 11.1. The maximum absolute atomic E-state index is 13.1. The Morgan fingerprint density at radius 3 is 2.52 bits per heavy atom. The smallest absolute Gasteiger partial charge is 0.243 e. The number of likely N-dealkylation sites (tertiary alicyclic amines) is 2. The zero-order valence-corrected chi connectivity index (χ0v) is 14.4. The number of amides is 1. The van der Waals surface area contributed by atoms with E-state index < -0.39 is 0 Å². The van der Waals surface area contributed by atoms with Gasteiger partial charge in [-0.1, -0.05) is 42.5 Å². The Labute approximate surface area is 140 Å². The number of carbonyl (C=O) groups is 1. The second-order valence-corrected chi connectivity index (χ2v) is 7.09. The van der Waals surface area contributed by atoms with Crippen LogP contribution in [0.3, 0.4) is 0 Å². The molecule has 0 aliphatic carbocycles. The third kappa shape index (κ3) is 3.20. The third-order valence-corrected chi connectivity index (χ3v) is 5.33. The molecule has 0 saturated carbocycles. The fourth-order valence-electron chi connectivity index (χ4n) is 4.12. The summed E-state index contributed by atoms with van der Waals surface area (Å²) in [5.41, 5.74) is 0.989. The Morgan fingerprint density at radius 1 is 1.13 bits per heavy atom. The van der Waals surface area contributed by atoms with E-state index in [0.717, 1.165) is 45.3 Å². The van der Waals surface area contributed by atoms with Gasteiger partial charge in [-0.15, -0.1) is 0 Å². The van der Waals surface area contributed by atoms with Crippen molar-refractivity contribution in [2.45, 2.75) is 51.1 Å². The average molecular weight is 312 g/mol. The minimum Gasteiger partial charge on any atom is -0.339 e. The predicted molar refractivity (Wildman–Crippen MR) is 95.1 cm³/mol. The summed E-state index contributed by atoms with van der Waals surface area (Å²) in [5.74, 6) is 0.365. The van der Waals surface area contributed by atoms with E-state index in [9.17, 15) is 4.79 Å². The van der Waals surface area contributed by atoms with Crippen LogP contribution in [0.4, 0.5) is 0 Å². The van der Waals surface area contributed by atoms with Crippen LogP contribution >= 0.6 is 0 Å². The van der Waals surface area contributed by atoms with Crippen LogP contribution in [0, 0.1) is 0 Å². The summed E-state index contributed by atoms with van der Waals surface area (Å²) in [5, 5.41) is 0. The van der Waals surface area contributed by atoms with Gasteiger partial charge < -0.3 is 4.90 Å². The Balaban J connectivity index is 1.72. The van der Waals surface area contributed by atoms with E-state index in [0.29, 0.717) is 11.9 Å². The van der Waals surface area contributed by atoms with Gasteiger partial charge in [0.25, 0.3) is 0 Å². The third-order valence-electron chi connectivity index (χ3n) is 5.33. The highest BCUT2D eigenvalue weighted by Gasteiger charge is 2.50. The molecule has 0 aromatic heterocycles. The monoisotopic (exact) mass is 312 g/mol. The van der Waals surface area contributed by atoms with E-state index in [1.165, 1.54) is 5.56 Å². The Hall–Kier alpha value is -1.61. The second-order valence-electron chi connectivity index (χ2n) is 7.09. The summed E-state index contributed by atoms with van der Waals surface area (Å²) < 4.78 is 0. The topological polar surface area (TPSA) is 23.6 Å². The molecule has 124 valence electrons. The summed E-state index contributed by atoms with van der Waals surface area (Å²) in [7, 11) is 0. The lowest BCUT2D eigenvalue weighted by Gasteiger charge is -2.45. The number of piperidine rings is 1. The zero-order valence-electron chi connectivity index (χ0n) is 14.4. The number of nitrogens with zero attached hydrogens (tertiary/aromatic N) is 2. The van der Waals surface area contributed by atoms with E-state index in [2.05, 4.69) is 60.1 Å². The molecule has 2 heterocycles. The van der Waals surface area contributed by atoms with Crippen molar-refractivity contribution in [3.63, 3.8) is 0 Å². The molecule has 2 aliphatic rings. The largest absolute Gasteiger partial charge is 0.339 e. The quantitative estimate of drug-likeness (QED) is 0.848. The number of hydrogen-bond acceptors (Lipinski definition) is 2. The maximum atomic E-state index is 13.1. The molecule has 2 aliphatic heterocycles. The molecule has 3 nitrogen and oxygen atoms in total. The second kappa shape index (κ2) is 6.88. The van der Waals surface area contributed by atoms with Crippen LogP contribution in [0.2, 0.25) is 0 Å². The zero-order chi connectivity index (χ0) is 16.3. The van der Waals surface area contributed by atoms with Crippen molar-refractivity contribution in [1.82, 2.24) is 9.80 Å². The lowest BCUT2D eigenvalue weighted by Crippen LogP contribution is -2.61. The van der Waals surface area contributed by atoms with Gasteiger partial charge in [0.05, 0.1) is 0 Å². The molecule has 1 aromatic rings. The number of hydrogen-bond donors (Lipinski definition) is 0. The number of benzene rings is 1. The fraction of sp³-hybridized carbons (Fsp3) is 0.550. The van der Waals surface area contributed by atoms with Crippen molar-refractivity contribution in [3.05, 3.63) is 42.0 Å². The predicted octanol–water partition coefficient (Wildman–Crippen LogP) is 3.57. The molecule has 1 amide bonds. The van der Waals surface area contributed by atoms with E-state index in [1.54, 1.807) is 0 Å². The van der Waals surface area contributed by atoms with Crippen molar-refractivity contribution in [2.24, 2.45) is 0 Å². The highest BCUT2D eigenvalue weighted by atomic mass is 16.2. The van der Waals surface area contributed by atoms with Gasteiger partial charge in [-0.25, -0.2) is 0 Å². The molecule has 3 heteroatoms. The van der Waals surface area contributed by atoms with Crippen LogP contribution in [0.5, 0.6) is 0 Å². The van der Waals surface area contributed by atoms with E-state index in [-0.39, 0.29) is 5.54 Å². The van der Waals surface area contributed by atoms with Gasteiger partial charge in [0.15, 0.2) is 0 Å². The molecule has 3 rings (SSSR count). The lowest BCUT2D eigenvalue weighted by molar-refractivity contribution is -0.149. The van der Waals surface area contributed by atoms with E-state index >= 15 is 0 Å². The molecule has 23 heavy (non-hydrogen) atoms. The van der Waals surface area contributed by atoms with Crippen molar-refractivity contribution >= 4 is 12.0 Å². The van der Waals surface area contributed by atoms with Gasteiger partial charge in [-0.3, -0.25) is 9.69 Å². The summed E-state index contributed by atoms with van der Waals surface area (Å²) in [6.07, 6.45) is 8.69. The van der Waals surface area contributed by atoms with Crippen molar-refractivity contribution in [2.75, 3.05) is 19.6 Å². The van der Waals surface area contributed by atoms with Crippen molar-refractivity contribution < 1.29 is 4.79 Å². The normalized spacial score (nSPS) is 26.0. The SMILES string of the molecule is CC(C)N1CCCC2(CCCN2CC=Cc2ccccc2)C1=O. The Bertz CT molecular complexity index is 566. The molecule has 1 atom stereocenters. The average Bonchev–Trinajstić information content (AvgIpc) is 2.95. The fourth-order valence-corrected chi connectivity index (χ4v) is 4.12. The summed E-state index contributed by atoms with van der Waals surface area (Å²) in [4.78, 5) is 17.6. The highest BCUT2D eigenvalue weighted by molar-refractivity contribution is 5.87. The van der Waals surface area contributed by atoms with E-state index in [1.807, 2.05) is 6.07 Å². The van der Waals surface area contributed by atoms with E-state index in [4.69, 9.17) is 0 Å². The van der Waals surface area contributed by atoms with Crippen LogP contribution < -0.4 is 0 Å². The summed E-state index contributed by atoms with van der Waals surface area (Å²) >= 11 is 0. The standard InChI is InChI=1S/C20H28N2O/c1-17(2)22-16-8-13-20(19(22)23)12-7-15-21(20)14-6-11-18-9-4-3-5-10-18/h3-6,9-11,17H,7-8,12-16H2,1-2H3. The lowest BCUT2D eigenvalue weighted by atomic mass is 9.84. The highest BCUT2D eigenvalue weighted by Crippen LogP contribution is 2.38. The van der Waals surface area contributed by atoms with Gasteiger partial charge in [-0.2, -0.15) is 0 Å². The van der Waals surface area contributed by atoms with Crippen molar-refractivity contribution in [3.8, 4) is 0 Å². The molecule has 2 fully saturated rings. The first-order valence-corrected chi connectivity index (χ1v) is 8.91. The van der Waals surface area contributed by atoms with Crippen LogP contribution in [-0.2, 0) is 4.79 Å². The maximum Gasteiger partial charge on any atom is 0.243 e. The van der Waals surface area contributed by atoms with Crippen LogP contribution in [0.15, 0.2) is 36.4 Å².